The van der Waals surface area contributed by atoms with Crippen LogP contribution in [0.4, 0.5) is 0 Å². The van der Waals surface area contributed by atoms with E-state index in [-0.39, 0.29) is 19.6 Å². The normalized spacial score (nSPS) is 20.5. The maximum atomic E-state index is 12.9. The molecule has 13 heteroatoms. The van der Waals surface area contributed by atoms with Gasteiger partial charge in [-0.2, -0.15) is 8.42 Å². The van der Waals surface area contributed by atoms with Crippen LogP contribution >= 0.6 is 0 Å². The molecule has 0 aromatic heterocycles. The third-order valence-corrected chi connectivity index (χ3v) is 11.2. The molecule has 60 heavy (non-hydrogen) atoms. The molecule has 0 spiro atoms. The topological polar surface area (TPSA) is 178 Å². The number of carbonyl (C=O) groups is 1. The van der Waals surface area contributed by atoms with E-state index in [4.69, 9.17) is 23.5 Å². The van der Waals surface area contributed by atoms with Gasteiger partial charge in [-0.25, -0.2) is 4.18 Å². The first kappa shape index (κ1) is 56.3. The summed E-state index contributed by atoms with van der Waals surface area (Å²) in [6.07, 6.45) is 36.0. The summed E-state index contributed by atoms with van der Waals surface area (Å²) in [5, 5.41) is 30.7. The molecule has 6 unspecified atom stereocenters. The molecule has 12 nitrogen and oxygen atoms in total. The first-order chi connectivity index (χ1) is 29.1. The molecule has 1 heterocycles. The Labute approximate surface area is 364 Å². The Bertz CT molecular complexity index is 1190. The molecule has 1 aliphatic heterocycles. The van der Waals surface area contributed by atoms with Crippen LogP contribution in [-0.2, 0) is 38.3 Å². The minimum atomic E-state index is -5.06. The van der Waals surface area contributed by atoms with Crippen LogP contribution in [0.1, 0.15) is 194 Å². The van der Waals surface area contributed by atoms with Gasteiger partial charge in [-0.15, -0.1) is 0 Å². The number of hydrogen-bond acceptors (Lipinski definition) is 11. The quantitative estimate of drug-likeness (QED) is 0.0198. The molecular weight excluding hydrogens is 789 g/mol. The molecule has 4 N–H and O–H groups in total. The lowest BCUT2D eigenvalue weighted by Crippen LogP contribution is -2.60. The number of ether oxygens (including phenoxy) is 4. The maximum Gasteiger partial charge on any atom is 0.397 e. The number of aliphatic hydroxyl groups is 3. The summed E-state index contributed by atoms with van der Waals surface area (Å²) >= 11 is 0. The minimum Gasteiger partial charge on any atom is -0.457 e. The lowest BCUT2D eigenvalue weighted by Gasteiger charge is -2.41. The van der Waals surface area contributed by atoms with Crippen LogP contribution in [0.2, 0.25) is 0 Å². The fourth-order valence-electron chi connectivity index (χ4n) is 7.12. The molecular formula is C47H86O12S. The second kappa shape index (κ2) is 39.0. The zero-order valence-corrected chi connectivity index (χ0v) is 38.3. The van der Waals surface area contributed by atoms with Gasteiger partial charge in [-0.3, -0.25) is 9.35 Å². The Hall–Kier alpha value is -1.68. The summed E-state index contributed by atoms with van der Waals surface area (Å²) in [6, 6.07) is 0. The van der Waals surface area contributed by atoms with E-state index in [1.54, 1.807) is 0 Å². The van der Waals surface area contributed by atoms with Gasteiger partial charge in [0.1, 0.15) is 30.5 Å². The molecule has 0 amide bonds. The average molecular weight is 875 g/mol. The predicted octanol–water partition coefficient (Wildman–Crippen LogP) is 10.2. The van der Waals surface area contributed by atoms with E-state index in [2.05, 4.69) is 54.5 Å². The number of unbranched alkanes of at least 4 members (excludes halogenated alkanes) is 22. The number of hydrogen-bond donors (Lipinski definition) is 4. The van der Waals surface area contributed by atoms with Gasteiger partial charge in [0, 0.05) is 13.0 Å². The Morgan fingerprint density at radius 2 is 1.13 bits per heavy atom. The molecule has 0 bridgehead atoms. The molecule has 0 saturated carbocycles. The van der Waals surface area contributed by atoms with Crippen LogP contribution < -0.4 is 0 Å². The van der Waals surface area contributed by atoms with Gasteiger partial charge in [0.25, 0.3) is 0 Å². The van der Waals surface area contributed by atoms with Crippen molar-refractivity contribution in [2.75, 3.05) is 26.4 Å². The van der Waals surface area contributed by atoms with Gasteiger partial charge in [0.15, 0.2) is 6.29 Å². The minimum absolute atomic E-state index is 0.0288. The largest absolute Gasteiger partial charge is 0.457 e. The molecule has 1 saturated heterocycles. The SMILES string of the molecule is CCC/C=C\C/C=C\CCCCCCCCOCC(COC1OC(CO)C(O)C(OS(=O)(=O)O)C1O)OC(=O)CCCCCCCCCCC/C=C\CCCCCCCC. The Balaban J connectivity index is 2.40. The van der Waals surface area contributed by atoms with Crippen LogP contribution in [0.15, 0.2) is 36.5 Å². The van der Waals surface area contributed by atoms with Crippen LogP contribution in [0.5, 0.6) is 0 Å². The lowest BCUT2D eigenvalue weighted by molar-refractivity contribution is -0.301. The van der Waals surface area contributed by atoms with Crippen molar-refractivity contribution < 1.29 is 56.2 Å². The molecule has 1 fully saturated rings. The van der Waals surface area contributed by atoms with Crippen LogP contribution in [0.25, 0.3) is 0 Å². The molecule has 0 aromatic rings. The van der Waals surface area contributed by atoms with Crippen molar-refractivity contribution in [3.63, 3.8) is 0 Å². The molecule has 1 rings (SSSR count). The second-order valence-electron chi connectivity index (χ2n) is 16.3. The van der Waals surface area contributed by atoms with Crippen molar-refractivity contribution in [3.05, 3.63) is 36.5 Å². The summed E-state index contributed by atoms with van der Waals surface area (Å²) < 4.78 is 59.1. The molecule has 1 aliphatic rings. The van der Waals surface area contributed by atoms with Crippen molar-refractivity contribution >= 4 is 16.4 Å². The van der Waals surface area contributed by atoms with Crippen molar-refractivity contribution in [2.45, 2.75) is 230 Å². The molecule has 352 valence electrons. The molecule has 6 atom stereocenters. The summed E-state index contributed by atoms with van der Waals surface area (Å²) in [6.45, 7) is 3.91. The van der Waals surface area contributed by atoms with E-state index < -0.39 is 59.8 Å². The van der Waals surface area contributed by atoms with Gasteiger partial charge >= 0.3 is 16.4 Å². The summed E-state index contributed by atoms with van der Waals surface area (Å²) in [5.41, 5.74) is 0. The number of esters is 1. The summed E-state index contributed by atoms with van der Waals surface area (Å²) in [7, 11) is -5.06. The smallest absolute Gasteiger partial charge is 0.397 e. The first-order valence-corrected chi connectivity index (χ1v) is 25.1. The molecule has 0 radical (unpaired) electrons. The zero-order chi connectivity index (χ0) is 43.9. The lowest BCUT2D eigenvalue weighted by atomic mass is 9.99. The van der Waals surface area contributed by atoms with Crippen LogP contribution in [0, 0.1) is 0 Å². The average Bonchev–Trinajstić information content (AvgIpc) is 3.22. The number of allylic oxidation sites excluding steroid dienone is 6. The van der Waals surface area contributed by atoms with E-state index in [9.17, 15) is 28.5 Å². The Morgan fingerprint density at radius 1 is 0.633 bits per heavy atom. The van der Waals surface area contributed by atoms with Gasteiger partial charge in [-0.05, 0) is 64.2 Å². The Morgan fingerprint density at radius 3 is 1.67 bits per heavy atom. The number of carbonyl (C=O) groups excluding carboxylic acids is 1. The number of aliphatic hydroxyl groups excluding tert-OH is 3. The van der Waals surface area contributed by atoms with E-state index in [1.807, 2.05) is 0 Å². The Kier molecular flexibility index (Phi) is 36.6. The van der Waals surface area contributed by atoms with Crippen molar-refractivity contribution in [2.24, 2.45) is 0 Å². The molecule has 0 aliphatic carbocycles. The van der Waals surface area contributed by atoms with Crippen LogP contribution in [0.3, 0.4) is 0 Å². The highest BCUT2D eigenvalue weighted by atomic mass is 32.3. The van der Waals surface area contributed by atoms with E-state index in [0.717, 1.165) is 64.2 Å². The number of rotatable bonds is 41. The second-order valence-corrected chi connectivity index (χ2v) is 17.4. The standard InChI is InChI=1S/C47H86O12S/c1-3-5-7-9-11-13-15-17-19-20-21-22-23-24-26-28-30-32-34-36-43(49)57-41(39-55-37-35-33-31-29-27-25-18-16-14-12-10-8-6-4-2)40-56-47-45(51)46(59-60(52,53)54)44(50)42(38-48)58-47/h8,10,14,16-17,19,41-42,44-48,50-51H,3-7,9,11-13,15,18,20-40H2,1-2H3,(H,52,53,54)/b10-8-,16-14-,19-17-. The monoisotopic (exact) mass is 875 g/mol. The molecule has 0 aromatic carbocycles. The third-order valence-electron chi connectivity index (χ3n) is 10.7. The van der Waals surface area contributed by atoms with E-state index >= 15 is 0 Å². The summed E-state index contributed by atoms with van der Waals surface area (Å²) in [4.78, 5) is 12.9. The van der Waals surface area contributed by atoms with Crippen LogP contribution in [-0.4, -0.2) is 97.5 Å². The summed E-state index contributed by atoms with van der Waals surface area (Å²) in [5.74, 6) is -0.405. The van der Waals surface area contributed by atoms with Crippen molar-refractivity contribution in [1.29, 1.82) is 0 Å². The highest BCUT2D eigenvalue weighted by Crippen LogP contribution is 2.26. The van der Waals surface area contributed by atoms with Crippen molar-refractivity contribution in [1.82, 2.24) is 0 Å². The predicted molar refractivity (Wildman–Crippen MR) is 239 cm³/mol. The van der Waals surface area contributed by atoms with Crippen molar-refractivity contribution in [3.8, 4) is 0 Å². The van der Waals surface area contributed by atoms with Gasteiger partial charge < -0.3 is 34.3 Å². The third kappa shape index (κ3) is 32.1. The zero-order valence-electron chi connectivity index (χ0n) is 37.5. The van der Waals surface area contributed by atoms with Gasteiger partial charge in [0.2, 0.25) is 0 Å². The fraction of sp³-hybridized carbons (Fsp3) is 0.851. The highest BCUT2D eigenvalue weighted by molar-refractivity contribution is 7.80. The highest BCUT2D eigenvalue weighted by Gasteiger charge is 2.48. The van der Waals surface area contributed by atoms with Gasteiger partial charge in [-0.1, -0.05) is 159 Å². The van der Waals surface area contributed by atoms with E-state index in [0.29, 0.717) is 13.0 Å². The maximum absolute atomic E-state index is 12.9. The van der Waals surface area contributed by atoms with E-state index in [1.165, 1.54) is 103 Å². The first-order valence-electron chi connectivity index (χ1n) is 23.7. The van der Waals surface area contributed by atoms with Gasteiger partial charge in [0.05, 0.1) is 19.8 Å². The fourth-order valence-corrected chi connectivity index (χ4v) is 7.63.